The highest BCUT2D eigenvalue weighted by Gasteiger charge is 2.32. The first-order chi connectivity index (χ1) is 9.57. The summed E-state index contributed by atoms with van der Waals surface area (Å²) < 4.78 is 23.3. The van der Waals surface area contributed by atoms with Gasteiger partial charge in [0.15, 0.2) is 9.84 Å². The van der Waals surface area contributed by atoms with E-state index in [0.717, 1.165) is 18.2 Å². The highest BCUT2D eigenvalue weighted by molar-refractivity contribution is 7.91. The van der Waals surface area contributed by atoms with E-state index in [1.807, 2.05) is 13.0 Å². The monoisotopic (exact) mass is 296 g/mol. The van der Waals surface area contributed by atoms with Crippen LogP contribution in [0.25, 0.3) is 0 Å². The molecule has 6 nitrogen and oxygen atoms in total. The van der Waals surface area contributed by atoms with Gasteiger partial charge in [-0.05, 0) is 26.2 Å². The van der Waals surface area contributed by atoms with Crippen LogP contribution in [0.5, 0.6) is 0 Å². The molecule has 1 aromatic rings. The van der Waals surface area contributed by atoms with Crippen molar-refractivity contribution in [2.24, 2.45) is 0 Å². The van der Waals surface area contributed by atoms with Gasteiger partial charge in [0.05, 0.1) is 11.5 Å². The lowest BCUT2D eigenvalue weighted by atomic mass is 10.2. The average molecular weight is 296 g/mol. The van der Waals surface area contributed by atoms with Gasteiger partial charge in [-0.25, -0.2) is 18.4 Å². The quantitative estimate of drug-likeness (QED) is 0.876. The number of aromatic nitrogens is 2. The van der Waals surface area contributed by atoms with Crippen molar-refractivity contribution in [1.29, 1.82) is 0 Å². The molecule has 1 saturated heterocycles. The summed E-state index contributed by atoms with van der Waals surface area (Å²) in [6.07, 6.45) is 4.62. The van der Waals surface area contributed by atoms with E-state index in [1.54, 1.807) is 6.33 Å². The highest BCUT2D eigenvalue weighted by atomic mass is 32.2. The van der Waals surface area contributed by atoms with Gasteiger partial charge in [-0.2, -0.15) is 0 Å². The Labute approximate surface area is 119 Å². The van der Waals surface area contributed by atoms with Crippen molar-refractivity contribution < 1.29 is 8.42 Å². The van der Waals surface area contributed by atoms with Crippen LogP contribution in [0.15, 0.2) is 12.4 Å². The number of nitrogens with one attached hydrogen (secondary N) is 1. The number of nitrogens with zero attached hydrogens (tertiary/aromatic N) is 3. The zero-order valence-electron chi connectivity index (χ0n) is 11.6. The molecule has 1 saturated carbocycles. The van der Waals surface area contributed by atoms with E-state index in [0.29, 0.717) is 12.5 Å². The second-order valence-corrected chi connectivity index (χ2v) is 7.75. The van der Waals surface area contributed by atoms with E-state index in [4.69, 9.17) is 0 Å². The van der Waals surface area contributed by atoms with Crippen molar-refractivity contribution in [3.8, 4) is 0 Å². The zero-order chi connectivity index (χ0) is 14.2. The van der Waals surface area contributed by atoms with Crippen LogP contribution in [0, 0.1) is 0 Å². The number of rotatable bonds is 5. The summed E-state index contributed by atoms with van der Waals surface area (Å²) in [4.78, 5) is 10.6. The van der Waals surface area contributed by atoms with E-state index in [9.17, 15) is 8.42 Å². The molecule has 2 aliphatic rings. The molecule has 3 rings (SSSR count). The molecule has 2 fully saturated rings. The van der Waals surface area contributed by atoms with Crippen LogP contribution < -0.4 is 10.2 Å². The van der Waals surface area contributed by atoms with Crippen LogP contribution in [0.3, 0.4) is 0 Å². The lowest BCUT2D eigenvalue weighted by molar-refractivity contribution is 0.599. The topological polar surface area (TPSA) is 75.2 Å². The van der Waals surface area contributed by atoms with Crippen molar-refractivity contribution in [1.82, 2.24) is 9.97 Å². The number of anilines is 2. The van der Waals surface area contributed by atoms with Crippen LogP contribution in [-0.4, -0.2) is 48.5 Å². The molecule has 1 aromatic heterocycles. The smallest absolute Gasteiger partial charge is 0.152 e. The number of hydrogen-bond donors (Lipinski definition) is 1. The van der Waals surface area contributed by atoms with Gasteiger partial charge in [0.1, 0.15) is 18.0 Å². The molecule has 20 heavy (non-hydrogen) atoms. The summed E-state index contributed by atoms with van der Waals surface area (Å²) in [6.45, 7) is 2.78. The molecule has 1 unspecified atom stereocenters. The van der Waals surface area contributed by atoms with Crippen molar-refractivity contribution in [2.45, 2.75) is 38.3 Å². The Balaban J connectivity index is 1.78. The summed E-state index contributed by atoms with van der Waals surface area (Å²) in [7, 11) is -2.88. The van der Waals surface area contributed by atoms with Gasteiger partial charge in [0.25, 0.3) is 0 Å². The molecule has 1 atom stereocenters. The fraction of sp³-hybridized carbons (Fsp3) is 0.692. The Bertz CT molecular complexity index is 586. The predicted molar refractivity (Wildman–Crippen MR) is 78.8 cm³/mol. The maximum atomic E-state index is 11.6. The van der Waals surface area contributed by atoms with E-state index in [-0.39, 0.29) is 17.5 Å². The fourth-order valence-corrected chi connectivity index (χ4v) is 4.38. The van der Waals surface area contributed by atoms with Gasteiger partial charge < -0.3 is 10.2 Å². The molecule has 0 amide bonds. The first kappa shape index (κ1) is 13.6. The Morgan fingerprint density at radius 1 is 1.35 bits per heavy atom. The van der Waals surface area contributed by atoms with Crippen LogP contribution >= 0.6 is 0 Å². The molecular weight excluding hydrogens is 276 g/mol. The molecule has 1 aliphatic carbocycles. The molecule has 1 aliphatic heterocycles. The first-order valence-electron chi connectivity index (χ1n) is 7.13. The maximum Gasteiger partial charge on any atom is 0.152 e. The Kier molecular flexibility index (Phi) is 3.54. The van der Waals surface area contributed by atoms with Gasteiger partial charge in [0.2, 0.25) is 0 Å². The van der Waals surface area contributed by atoms with Crippen molar-refractivity contribution in [3.05, 3.63) is 12.4 Å². The van der Waals surface area contributed by atoms with Gasteiger partial charge in [-0.3, -0.25) is 0 Å². The molecular formula is C13H20N4O2S. The first-order valence-corrected chi connectivity index (χ1v) is 8.95. The molecule has 0 spiro atoms. The van der Waals surface area contributed by atoms with Gasteiger partial charge in [-0.1, -0.05) is 0 Å². The van der Waals surface area contributed by atoms with Gasteiger partial charge >= 0.3 is 0 Å². The molecule has 0 bridgehead atoms. The summed E-state index contributed by atoms with van der Waals surface area (Å²) in [5, 5.41) is 3.35. The summed E-state index contributed by atoms with van der Waals surface area (Å²) >= 11 is 0. The van der Waals surface area contributed by atoms with Gasteiger partial charge in [0, 0.05) is 24.7 Å². The number of hydrogen-bond acceptors (Lipinski definition) is 6. The summed E-state index contributed by atoms with van der Waals surface area (Å²) in [5.41, 5.74) is 0. The van der Waals surface area contributed by atoms with E-state index < -0.39 is 9.84 Å². The molecule has 7 heteroatoms. The predicted octanol–water partition coefficient (Wildman–Crippen LogP) is 1.06. The minimum Gasteiger partial charge on any atom is -0.367 e. The zero-order valence-corrected chi connectivity index (χ0v) is 12.4. The SMILES string of the molecule is CCN(c1cc(NC2CC2)ncn1)C1CCS(=O)(=O)C1. The molecule has 1 N–H and O–H groups in total. The Hall–Kier alpha value is -1.37. The molecule has 0 aromatic carbocycles. The van der Waals surface area contributed by atoms with Crippen molar-refractivity contribution in [3.63, 3.8) is 0 Å². The lowest BCUT2D eigenvalue weighted by Gasteiger charge is -2.28. The standard InChI is InChI=1S/C13H20N4O2S/c1-2-17(11-5-6-20(18,19)8-11)13-7-12(14-9-15-13)16-10-3-4-10/h7,9-11H,2-6,8H2,1H3,(H,14,15,16). The van der Waals surface area contributed by atoms with Crippen LogP contribution in [0.4, 0.5) is 11.6 Å². The number of sulfone groups is 1. The van der Waals surface area contributed by atoms with Crippen LogP contribution in [-0.2, 0) is 9.84 Å². The van der Waals surface area contributed by atoms with Crippen LogP contribution in [0.1, 0.15) is 26.2 Å². The second kappa shape index (κ2) is 5.20. The van der Waals surface area contributed by atoms with Gasteiger partial charge in [-0.15, -0.1) is 0 Å². The molecule has 2 heterocycles. The third-order valence-electron chi connectivity index (χ3n) is 3.87. The normalized spacial score (nSPS) is 24.6. The highest BCUT2D eigenvalue weighted by Crippen LogP contribution is 2.27. The second-order valence-electron chi connectivity index (χ2n) is 5.52. The Morgan fingerprint density at radius 3 is 2.75 bits per heavy atom. The van der Waals surface area contributed by atoms with Crippen molar-refractivity contribution in [2.75, 3.05) is 28.3 Å². The molecule has 110 valence electrons. The average Bonchev–Trinajstić information content (AvgIpc) is 3.14. The fourth-order valence-electron chi connectivity index (χ4n) is 2.65. The summed E-state index contributed by atoms with van der Waals surface area (Å²) in [6, 6.07) is 2.50. The van der Waals surface area contributed by atoms with Crippen LogP contribution in [0.2, 0.25) is 0 Å². The summed E-state index contributed by atoms with van der Waals surface area (Å²) in [5.74, 6) is 2.16. The largest absolute Gasteiger partial charge is 0.367 e. The lowest BCUT2D eigenvalue weighted by Crippen LogP contribution is -2.36. The third-order valence-corrected chi connectivity index (χ3v) is 5.62. The van der Waals surface area contributed by atoms with Crippen molar-refractivity contribution >= 4 is 21.5 Å². The molecule has 0 radical (unpaired) electrons. The maximum absolute atomic E-state index is 11.6. The minimum absolute atomic E-state index is 0.0358. The van der Waals surface area contributed by atoms with E-state index in [2.05, 4.69) is 20.2 Å². The van der Waals surface area contributed by atoms with E-state index >= 15 is 0 Å². The Morgan fingerprint density at radius 2 is 2.15 bits per heavy atom. The minimum atomic E-state index is -2.88. The third kappa shape index (κ3) is 3.03. The van der Waals surface area contributed by atoms with E-state index in [1.165, 1.54) is 12.8 Å².